The fourth-order valence-corrected chi connectivity index (χ4v) is 5.58. The second kappa shape index (κ2) is 16.8. The van der Waals surface area contributed by atoms with Crippen molar-refractivity contribution in [1.29, 1.82) is 0 Å². The van der Waals surface area contributed by atoms with E-state index in [1.807, 2.05) is 13.8 Å². The van der Waals surface area contributed by atoms with Crippen LogP contribution in [0.3, 0.4) is 0 Å². The highest BCUT2D eigenvalue weighted by Crippen LogP contribution is 2.45. The molecule has 1 aliphatic heterocycles. The third-order valence-electron chi connectivity index (χ3n) is 8.18. The zero-order chi connectivity index (χ0) is 27.1. The van der Waals surface area contributed by atoms with Gasteiger partial charge in [0.2, 0.25) is 0 Å². The third-order valence-corrected chi connectivity index (χ3v) is 8.18. The summed E-state index contributed by atoms with van der Waals surface area (Å²) in [6.45, 7) is 12.2. The maximum atomic E-state index is 12.3. The molecule has 1 atom stereocenters. The van der Waals surface area contributed by atoms with Crippen molar-refractivity contribution in [2.45, 2.75) is 149 Å². The van der Waals surface area contributed by atoms with Crippen LogP contribution < -0.4 is 4.74 Å². The Kier molecular flexibility index (Phi) is 14.2. The van der Waals surface area contributed by atoms with E-state index < -0.39 is 0 Å². The Morgan fingerprint density at radius 3 is 2.03 bits per heavy atom. The second-order valence-electron chi connectivity index (χ2n) is 11.4. The molecule has 0 fully saturated rings. The van der Waals surface area contributed by atoms with Crippen molar-refractivity contribution in [3.63, 3.8) is 0 Å². The fourth-order valence-electron chi connectivity index (χ4n) is 5.58. The molecular formula is C33H54O4. The van der Waals surface area contributed by atoms with Crippen LogP contribution in [0, 0.1) is 13.8 Å². The standard InChI is InChI=1S/C33H54O4/c1-6-8-9-10-11-12-13-14-15-16-17-18-19-20-22-33(5)23-21-28-29(25-30(34)36-24-7-2)31(35)26(3)27(4)32(28)37-33/h7,35H,2,6,8-25H2,1,3-5H3. The molecule has 0 spiro atoms. The first-order valence-corrected chi connectivity index (χ1v) is 15.1. The quantitative estimate of drug-likeness (QED) is 0.114. The maximum absolute atomic E-state index is 12.3. The lowest BCUT2D eigenvalue weighted by Gasteiger charge is -2.38. The Balaban J connectivity index is 1.73. The average Bonchev–Trinajstić information content (AvgIpc) is 2.89. The first-order chi connectivity index (χ1) is 17.8. The predicted molar refractivity (Wildman–Crippen MR) is 155 cm³/mol. The summed E-state index contributed by atoms with van der Waals surface area (Å²) in [6, 6.07) is 0. The van der Waals surface area contributed by atoms with Crippen molar-refractivity contribution < 1.29 is 19.4 Å². The number of hydrogen-bond acceptors (Lipinski definition) is 4. The first-order valence-electron chi connectivity index (χ1n) is 15.1. The molecular weight excluding hydrogens is 460 g/mol. The molecule has 1 unspecified atom stereocenters. The van der Waals surface area contributed by atoms with Crippen LogP contribution in [0.25, 0.3) is 0 Å². The first kappa shape index (κ1) is 31.2. The summed E-state index contributed by atoms with van der Waals surface area (Å²) in [5.41, 5.74) is 3.19. The molecule has 2 rings (SSSR count). The molecule has 0 saturated carbocycles. The zero-order valence-corrected chi connectivity index (χ0v) is 24.4. The van der Waals surface area contributed by atoms with E-state index in [4.69, 9.17) is 9.47 Å². The predicted octanol–water partition coefficient (Wildman–Crippen LogP) is 9.24. The summed E-state index contributed by atoms with van der Waals surface area (Å²) in [5.74, 6) is 0.711. The normalized spacial score (nSPS) is 16.8. The molecule has 1 N–H and O–H groups in total. The van der Waals surface area contributed by atoms with Crippen LogP contribution in [0.2, 0.25) is 0 Å². The van der Waals surface area contributed by atoms with Gasteiger partial charge in [0.1, 0.15) is 23.7 Å². The minimum atomic E-state index is -0.351. The Bertz CT molecular complexity index is 843. The van der Waals surface area contributed by atoms with Gasteiger partial charge in [-0.15, -0.1) is 0 Å². The average molecular weight is 515 g/mol. The summed E-state index contributed by atoms with van der Waals surface area (Å²) < 4.78 is 11.8. The Labute approximate surface area is 227 Å². The van der Waals surface area contributed by atoms with Gasteiger partial charge in [-0.05, 0) is 57.6 Å². The highest BCUT2D eigenvalue weighted by atomic mass is 16.5. The van der Waals surface area contributed by atoms with Crippen molar-refractivity contribution >= 4 is 5.97 Å². The number of benzene rings is 1. The molecule has 4 heteroatoms. The van der Waals surface area contributed by atoms with Crippen molar-refractivity contribution in [3.8, 4) is 11.5 Å². The number of phenols is 1. The summed E-state index contributed by atoms with van der Waals surface area (Å²) >= 11 is 0. The fraction of sp³-hybridized carbons (Fsp3) is 0.727. The number of hydrogen-bond donors (Lipinski definition) is 1. The highest BCUT2D eigenvalue weighted by Gasteiger charge is 2.35. The number of carbonyl (C=O) groups excluding carboxylic acids is 1. The van der Waals surface area contributed by atoms with Crippen LogP contribution in [0.15, 0.2) is 12.7 Å². The molecule has 37 heavy (non-hydrogen) atoms. The van der Waals surface area contributed by atoms with Crippen LogP contribution in [-0.4, -0.2) is 23.3 Å². The van der Waals surface area contributed by atoms with E-state index in [1.54, 1.807) is 6.08 Å². The van der Waals surface area contributed by atoms with Gasteiger partial charge in [0.25, 0.3) is 0 Å². The van der Waals surface area contributed by atoms with Gasteiger partial charge in [-0.25, -0.2) is 0 Å². The number of ether oxygens (including phenoxy) is 2. The molecule has 0 aliphatic carbocycles. The number of carbonyl (C=O) groups is 1. The molecule has 0 bridgehead atoms. The minimum Gasteiger partial charge on any atom is -0.507 e. The van der Waals surface area contributed by atoms with Crippen LogP contribution >= 0.6 is 0 Å². The molecule has 4 nitrogen and oxygen atoms in total. The second-order valence-corrected chi connectivity index (χ2v) is 11.4. The summed E-state index contributed by atoms with van der Waals surface area (Å²) in [4.78, 5) is 12.3. The molecule has 0 amide bonds. The van der Waals surface area contributed by atoms with Crippen molar-refractivity contribution in [3.05, 3.63) is 34.9 Å². The van der Waals surface area contributed by atoms with Gasteiger partial charge in [-0.3, -0.25) is 4.79 Å². The van der Waals surface area contributed by atoms with E-state index in [-0.39, 0.29) is 30.3 Å². The molecule has 1 aliphatic rings. The summed E-state index contributed by atoms with van der Waals surface area (Å²) in [5, 5.41) is 10.8. The Morgan fingerprint density at radius 2 is 1.49 bits per heavy atom. The Hall–Kier alpha value is -1.97. The maximum Gasteiger partial charge on any atom is 0.310 e. The van der Waals surface area contributed by atoms with Crippen molar-refractivity contribution in [1.82, 2.24) is 0 Å². The SMILES string of the molecule is C=CCOC(=O)Cc1c(O)c(C)c(C)c2c1CCC(C)(CCCCCCCCCCCCCCCC)O2. The molecule has 1 aromatic carbocycles. The highest BCUT2D eigenvalue weighted by molar-refractivity contribution is 5.76. The van der Waals surface area contributed by atoms with E-state index in [0.29, 0.717) is 5.56 Å². The van der Waals surface area contributed by atoms with E-state index >= 15 is 0 Å². The van der Waals surface area contributed by atoms with Crippen molar-refractivity contribution in [2.75, 3.05) is 6.61 Å². The molecule has 0 radical (unpaired) electrons. The number of fused-ring (bicyclic) bond motifs is 1. The van der Waals surface area contributed by atoms with E-state index in [2.05, 4.69) is 20.4 Å². The number of unbranched alkanes of at least 4 members (excludes halogenated alkanes) is 13. The summed E-state index contributed by atoms with van der Waals surface area (Å²) in [6.07, 6.45) is 23.5. The van der Waals surface area contributed by atoms with E-state index in [0.717, 1.165) is 41.7 Å². The van der Waals surface area contributed by atoms with Gasteiger partial charge in [0.05, 0.1) is 6.42 Å². The van der Waals surface area contributed by atoms with Gasteiger partial charge in [0.15, 0.2) is 0 Å². The lowest BCUT2D eigenvalue weighted by molar-refractivity contribution is -0.141. The van der Waals surface area contributed by atoms with Crippen LogP contribution in [-0.2, 0) is 22.4 Å². The molecule has 210 valence electrons. The molecule has 1 aromatic rings. The van der Waals surface area contributed by atoms with Gasteiger partial charge < -0.3 is 14.6 Å². The van der Waals surface area contributed by atoms with Gasteiger partial charge >= 0.3 is 5.97 Å². The van der Waals surface area contributed by atoms with Gasteiger partial charge in [-0.1, -0.05) is 103 Å². The number of aromatic hydroxyl groups is 1. The van der Waals surface area contributed by atoms with Crippen LogP contribution in [0.5, 0.6) is 11.5 Å². The topological polar surface area (TPSA) is 55.8 Å². The molecule has 0 aromatic heterocycles. The molecule has 1 heterocycles. The van der Waals surface area contributed by atoms with Crippen LogP contribution in [0.1, 0.15) is 139 Å². The number of phenolic OH excluding ortho intramolecular Hbond substituents is 1. The smallest absolute Gasteiger partial charge is 0.310 e. The van der Waals surface area contributed by atoms with E-state index in [1.165, 1.54) is 89.9 Å². The monoisotopic (exact) mass is 514 g/mol. The van der Waals surface area contributed by atoms with Gasteiger partial charge in [0, 0.05) is 11.1 Å². The number of esters is 1. The molecule has 0 saturated heterocycles. The number of rotatable bonds is 19. The lowest BCUT2D eigenvalue weighted by atomic mass is 9.83. The third kappa shape index (κ3) is 10.4. The minimum absolute atomic E-state index is 0.0577. The van der Waals surface area contributed by atoms with Gasteiger partial charge in [-0.2, -0.15) is 0 Å². The largest absolute Gasteiger partial charge is 0.507 e. The zero-order valence-electron chi connectivity index (χ0n) is 24.4. The Morgan fingerprint density at radius 1 is 0.946 bits per heavy atom. The van der Waals surface area contributed by atoms with E-state index in [9.17, 15) is 9.90 Å². The lowest BCUT2D eigenvalue weighted by Crippen LogP contribution is -2.37. The van der Waals surface area contributed by atoms with Crippen LogP contribution in [0.4, 0.5) is 0 Å². The van der Waals surface area contributed by atoms with Crippen molar-refractivity contribution in [2.24, 2.45) is 0 Å². The summed E-state index contributed by atoms with van der Waals surface area (Å²) in [7, 11) is 0.